The van der Waals surface area contributed by atoms with E-state index in [9.17, 15) is 4.79 Å². The number of para-hydroxylation sites is 1. The Kier molecular flexibility index (Phi) is 2.38. The van der Waals surface area contributed by atoms with Gasteiger partial charge in [-0.25, -0.2) is 10.0 Å². The Morgan fingerprint density at radius 2 is 1.88 bits per heavy atom. The number of amides is 1. The zero-order chi connectivity index (χ0) is 11.0. The molecule has 1 amide bonds. The van der Waals surface area contributed by atoms with Gasteiger partial charge >= 0.3 is 0 Å². The average molecular weight is 217 g/mol. The van der Waals surface area contributed by atoms with E-state index >= 15 is 0 Å². The van der Waals surface area contributed by atoms with Crippen LogP contribution in [0.5, 0.6) is 0 Å². The third kappa shape index (κ3) is 1.50. The predicted molar refractivity (Wildman–Crippen MR) is 62.1 cm³/mol. The molecule has 16 heavy (non-hydrogen) atoms. The summed E-state index contributed by atoms with van der Waals surface area (Å²) < 4.78 is 0. The largest absolute Gasteiger partial charge is 0.314 e. The molecule has 2 aliphatic rings. The summed E-state index contributed by atoms with van der Waals surface area (Å²) in [6.45, 7) is 3.71. The van der Waals surface area contributed by atoms with Gasteiger partial charge in [-0.1, -0.05) is 18.2 Å². The minimum absolute atomic E-state index is 0.197. The lowest BCUT2D eigenvalue weighted by Gasteiger charge is -2.35. The van der Waals surface area contributed by atoms with E-state index in [2.05, 4.69) is 10.3 Å². The third-order valence-electron chi connectivity index (χ3n) is 3.17. The van der Waals surface area contributed by atoms with Crippen molar-refractivity contribution in [3.05, 3.63) is 29.8 Å². The molecule has 2 heterocycles. The Bertz CT molecular complexity index is 412. The maximum Gasteiger partial charge on any atom is 0.246 e. The van der Waals surface area contributed by atoms with E-state index in [-0.39, 0.29) is 5.91 Å². The molecule has 2 aliphatic heterocycles. The van der Waals surface area contributed by atoms with E-state index in [1.165, 1.54) is 0 Å². The number of piperazine rings is 1. The van der Waals surface area contributed by atoms with Crippen molar-refractivity contribution in [3.63, 3.8) is 0 Å². The van der Waals surface area contributed by atoms with Gasteiger partial charge in [-0.05, 0) is 11.6 Å². The maximum atomic E-state index is 12.0. The summed E-state index contributed by atoms with van der Waals surface area (Å²) in [6.07, 6.45) is 0.542. The van der Waals surface area contributed by atoms with Crippen LogP contribution in [0.3, 0.4) is 0 Å². The number of hydrogen-bond acceptors (Lipinski definition) is 3. The zero-order valence-electron chi connectivity index (χ0n) is 9.15. The van der Waals surface area contributed by atoms with Gasteiger partial charge in [0.1, 0.15) is 0 Å². The minimum atomic E-state index is 0.197. The number of fused-ring (bicyclic) bond motifs is 1. The SMILES string of the molecule is O=C1Cc2ccccc2N1N1CCNCC1. The molecule has 0 radical (unpaired) electrons. The van der Waals surface area contributed by atoms with E-state index in [1.807, 2.05) is 29.3 Å². The molecule has 0 unspecified atom stereocenters. The number of benzene rings is 1. The molecular formula is C12H15N3O. The molecule has 0 bridgehead atoms. The molecule has 1 aromatic rings. The highest BCUT2D eigenvalue weighted by Gasteiger charge is 2.31. The van der Waals surface area contributed by atoms with Crippen molar-refractivity contribution in [3.8, 4) is 0 Å². The Morgan fingerprint density at radius 3 is 2.69 bits per heavy atom. The fraction of sp³-hybridized carbons (Fsp3) is 0.417. The molecule has 0 aromatic heterocycles. The van der Waals surface area contributed by atoms with Gasteiger partial charge in [-0.15, -0.1) is 0 Å². The van der Waals surface area contributed by atoms with E-state index in [1.54, 1.807) is 0 Å². The lowest BCUT2D eigenvalue weighted by atomic mass is 10.2. The van der Waals surface area contributed by atoms with Crippen LogP contribution in [0.4, 0.5) is 5.69 Å². The lowest BCUT2D eigenvalue weighted by Crippen LogP contribution is -2.53. The number of hydrogen-bond donors (Lipinski definition) is 1. The molecule has 4 heteroatoms. The van der Waals surface area contributed by atoms with Crippen LogP contribution < -0.4 is 10.3 Å². The molecule has 3 rings (SSSR count). The number of carbonyl (C=O) groups is 1. The van der Waals surface area contributed by atoms with Gasteiger partial charge < -0.3 is 5.32 Å². The van der Waals surface area contributed by atoms with Crippen molar-refractivity contribution in [1.29, 1.82) is 0 Å². The molecule has 4 nitrogen and oxygen atoms in total. The van der Waals surface area contributed by atoms with Gasteiger partial charge in [0.05, 0.1) is 12.1 Å². The molecule has 84 valence electrons. The molecular weight excluding hydrogens is 202 g/mol. The van der Waals surface area contributed by atoms with Gasteiger partial charge in [0.25, 0.3) is 0 Å². The number of nitrogens with zero attached hydrogens (tertiary/aromatic N) is 2. The summed E-state index contributed by atoms with van der Waals surface area (Å²) in [6, 6.07) is 8.05. The first-order valence-corrected chi connectivity index (χ1v) is 5.73. The van der Waals surface area contributed by atoms with Crippen molar-refractivity contribution in [2.75, 3.05) is 31.2 Å². The Morgan fingerprint density at radius 1 is 1.12 bits per heavy atom. The van der Waals surface area contributed by atoms with Crippen LogP contribution >= 0.6 is 0 Å². The normalized spacial score (nSPS) is 21.2. The Balaban J connectivity index is 1.92. The summed E-state index contributed by atoms with van der Waals surface area (Å²) >= 11 is 0. The summed E-state index contributed by atoms with van der Waals surface area (Å²) in [5.74, 6) is 0.197. The van der Waals surface area contributed by atoms with E-state index < -0.39 is 0 Å². The van der Waals surface area contributed by atoms with Crippen molar-refractivity contribution in [2.45, 2.75) is 6.42 Å². The fourth-order valence-corrected chi connectivity index (χ4v) is 2.40. The molecule has 0 saturated carbocycles. The molecule has 0 atom stereocenters. The van der Waals surface area contributed by atoms with Gasteiger partial charge in [-0.2, -0.15) is 0 Å². The van der Waals surface area contributed by atoms with E-state index in [4.69, 9.17) is 0 Å². The predicted octanol–water partition coefficient (Wildman–Crippen LogP) is 0.396. The molecule has 1 saturated heterocycles. The monoisotopic (exact) mass is 217 g/mol. The van der Waals surface area contributed by atoms with Crippen LogP contribution in [-0.2, 0) is 11.2 Å². The van der Waals surface area contributed by atoms with Crippen LogP contribution in [0, 0.1) is 0 Å². The smallest absolute Gasteiger partial charge is 0.246 e. The Hall–Kier alpha value is -1.39. The summed E-state index contributed by atoms with van der Waals surface area (Å²) in [5.41, 5.74) is 2.21. The van der Waals surface area contributed by atoms with Crippen molar-refractivity contribution in [1.82, 2.24) is 10.3 Å². The number of nitrogens with one attached hydrogen (secondary N) is 1. The van der Waals surface area contributed by atoms with E-state index in [0.29, 0.717) is 6.42 Å². The molecule has 0 aliphatic carbocycles. The second kappa shape index (κ2) is 3.88. The first kappa shape index (κ1) is 9.81. The number of anilines is 1. The third-order valence-corrected chi connectivity index (χ3v) is 3.17. The van der Waals surface area contributed by atoms with Crippen LogP contribution in [0.1, 0.15) is 5.56 Å². The van der Waals surface area contributed by atoms with Gasteiger partial charge in [-0.3, -0.25) is 4.79 Å². The number of hydrazine groups is 1. The van der Waals surface area contributed by atoms with Gasteiger partial charge in [0.15, 0.2) is 0 Å². The van der Waals surface area contributed by atoms with Crippen molar-refractivity contribution in [2.24, 2.45) is 0 Å². The fourth-order valence-electron chi connectivity index (χ4n) is 2.40. The molecule has 1 fully saturated rings. The van der Waals surface area contributed by atoms with Crippen LogP contribution in [0.2, 0.25) is 0 Å². The molecule has 1 N–H and O–H groups in total. The average Bonchev–Trinajstić information content (AvgIpc) is 2.66. The molecule has 1 aromatic carbocycles. The highest BCUT2D eigenvalue weighted by atomic mass is 16.2. The maximum absolute atomic E-state index is 12.0. The number of carbonyl (C=O) groups excluding carboxylic acids is 1. The molecule has 0 spiro atoms. The van der Waals surface area contributed by atoms with Gasteiger partial charge in [0.2, 0.25) is 5.91 Å². The zero-order valence-corrected chi connectivity index (χ0v) is 9.15. The first-order chi connectivity index (χ1) is 7.86. The van der Waals surface area contributed by atoms with Crippen molar-refractivity contribution < 1.29 is 4.79 Å². The second-order valence-electron chi connectivity index (χ2n) is 4.21. The van der Waals surface area contributed by atoms with Crippen molar-refractivity contribution >= 4 is 11.6 Å². The number of rotatable bonds is 1. The quantitative estimate of drug-likeness (QED) is 0.739. The highest BCUT2D eigenvalue weighted by Crippen LogP contribution is 2.29. The van der Waals surface area contributed by atoms with Crippen LogP contribution in [-0.4, -0.2) is 37.1 Å². The van der Waals surface area contributed by atoms with E-state index in [0.717, 1.165) is 37.4 Å². The minimum Gasteiger partial charge on any atom is -0.314 e. The van der Waals surface area contributed by atoms with Crippen LogP contribution in [0.15, 0.2) is 24.3 Å². The summed E-state index contributed by atoms with van der Waals surface area (Å²) in [5, 5.41) is 7.30. The summed E-state index contributed by atoms with van der Waals surface area (Å²) in [4.78, 5) is 12.0. The topological polar surface area (TPSA) is 35.6 Å². The second-order valence-corrected chi connectivity index (χ2v) is 4.21. The standard InChI is InChI=1S/C12H15N3O/c16-12-9-10-3-1-2-4-11(10)15(12)14-7-5-13-6-8-14/h1-4,13H,5-9H2. The van der Waals surface area contributed by atoms with Crippen LogP contribution in [0.25, 0.3) is 0 Å². The first-order valence-electron chi connectivity index (χ1n) is 5.73. The summed E-state index contributed by atoms with van der Waals surface area (Å²) in [7, 11) is 0. The van der Waals surface area contributed by atoms with Gasteiger partial charge in [0, 0.05) is 26.2 Å². The highest BCUT2D eigenvalue weighted by molar-refractivity contribution is 6.00. The Labute approximate surface area is 94.8 Å². The lowest BCUT2D eigenvalue weighted by molar-refractivity contribution is -0.120.